The monoisotopic (exact) mass is 320 g/mol. The lowest BCUT2D eigenvalue weighted by atomic mass is 10.1. The van der Waals surface area contributed by atoms with Gasteiger partial charge in [-0.15, -0.1) is 0 Å². The fourth-order valence-corrected chi connectivity index (χ4v) is 2.70. The van der Waals surface area contributed by atoms with E-state index in [1.54, 1.807) is 18.7 Å². The van der Waals surface area contributed by atoms with Crippen molar-refractivity contribution < 1.29 is 9.53 Å². The molecule has 0 radical (unpaired) electrons. The summed E-state index contributed by atoms with van der Waals surface area (Å²) >= 11 is 0. The first-order chi connectivity index (χ1) is 11.8. The molecule has 6 nitrogen and oxygen atoms in total. The number of rotatable bonds is 4. The molecule has 1 atom stereocenters. The number of nitrogens with one attached hydrogen (secondary N) is 1. The van der Waals surface area contributed by atoms with Crippen LogP contribution in [0.15, 0.2) is 61.3 Å². The number of nitrogens with zero attached hydrogens (tertiary/aromatic N) is 3. The molecule has 4 rings (SSSR count). The molecule has 0 saturated heterocycles. The lowest BCUT2D eigenvalue weighted by Crippen LogP contribution is -2.37. The highest BCUT2D eigenvalue weighted by molar-refractivity contribution is 5.82. The molecule has 0 aliphatic carbocycles. The molecule has 3 heterocycles. The number of ether oxygens (including phenoxy) is 1. The van der Waals surface area contributed by atoms with E-state index >= 15 is 0 Å². The van der Waals surface area contributed by atoms with Crippen LogP contribution in [0.5, 0.6) is 5.75 Å². The van der Waals surface area contributed by atoms with Gasteiger partial charge >= 0.3 is 0 Å². The molecule has 1 N–H and O–H groups in total. The average molecular weight is 320 g/mol. The summed E-state index contributed by atoms with van der Waals surface area (Å²) in [6, 6.07) is 11.6. The van der Waals surface area contributed by atoms with Gasteiger partial charge in [-0.2, -0.15) is 0 Å². The number of carbonyl (C=O) groups is 1. The van der Waals surface area contributed by atoms with Crippen LogP contribution < -0.4 is 10.1 Å². The summed E-state index contributed by atoms with van der Waals surface area (Å²) in [7, 11) is 0. The number of carbonyl (C=O) groups excluding carboxylic acids is 1. The quantitative estimate of drug-likeness (QED) is 0.797. The zero-order valence-corrected chi connectivity index (χ0v) is 12.9. The topological polar surface area (TPSA) is 69.0 Å². The molecule has 0 bridgehead atoms. The Kier molecular flexibility index (Phi) is 3.70. The van der Waals surface area contributed by atoms with Crippen molar-refractivity contribution in [3.63, 3.8) is 0 Å². The van der Waals surface area contributed by atoms with Crippen LogP contribution in [0.25, 0.3) is 5.82 Å². The van der Waals surface area contributed by atoms with Crippen LogP contribution in [0, 0.1) is 0 Å². The molecule has 1 aromatic carbocycles. The van der Waals surface area contributed by atoms with Gasteiger partial charge < -0.3 is 10.1 Å². The fraction of sp³-hybridized carbons (Fsp3) is 0.167. The summed E-state index contributed by atoms with van der Waals surface area (Å²) in [5.41, 5.74) is 2.01. The molecule has 2 aromatic heterocycles. The van der Waals surface area contributed by atoms with E-state index in [4.69, 9.17) is 4.74 Å². The summed E-state index contributed by atoms with van der Waals surface area (Å²) in [5, 5.41) is 2.91. The van der Waals surface area contributed by atoms with Gasteiger partial charge in [-0.3, -0.25) is 9.36 Å². The van der Waals surface area contributed by atoms with Gasteiger partial charge in [0.25, 0.3) is 5.91 Å². The first-order valence-corrected chi connectivity index (χ1v) is 7.75. The van der Waals surface area contributed by atoms with Crippen LogP contribution in [0.4, 0.5) is 0 Å². The van der Waals surface area contributed by atoms with Crippen molar-refractivity contribution in [3.8, 4) is 11.6 Å². The van der Waals surface area contributed by atoms with Crippen LogP contribution in [-0.2, 0) is 17.8 Å². The highest BCUT2D eigenvalue weighted by Gasteiger charge is 2.28. The number of benzene rings is 1. The number of amides is 1. The van der Waals surface area contributed by atoms with Gasteiger partial charge in [0.15, 0.2) is 6.10 Å². The maximum Gasteiger partial charge on any atom is 0.261 e. The third-order valence-electron chi connectivity index (χ3n) is 3.98. The molecule has 1 aliphatic rings. The van der Waals surface area contributed by atoms with E-state index in [2.05, 4.69) is 15.3 Å². The van der Waals surface area contributed by atoms with Crippen molar-refractivity contribution in [1.29, 1.82) is 0 Å². The Morgan fingerprint density at radius 1 is 1.29 bits per heavy atom. The highest BCUT2D eigenvalue weighted by Crippen LogP contribution is 2.28. The Morgan fingerprint density at radius 2 is 2.21 bits per heavy atom. The lowest BCUT2D eigenvalue weighted by Gasteiger charge is -2.11. The van der Waals surface area contributed by atoms with Crippen LogP contribution in [-0.4, -0.2) is 26.5 Å². The van der Waals surface area contributed by atoms with Crippen LogP contribution in [0.1, 0.15) is 11.1 Å². The number of hydrogen-bond acceptors (Lipinski definition) is 4. The fourth-order valence-electron chi connectivity index (χ4n) is 2.70. The van der Waals surface area contributed by atoms with E-state index in [0.717, 1.165) is 22.7 Å². The molecule has 6 heteroatoms. The zero-order chi connectivity index (χ0) is 16.4. The third kappa shape index (κ3) is 2.86. The number of aromatic nitrogens is 3. The van der Waals surface area contributed by atoms with Gasteiger partial charge in [-0.05, 0) is 23.3 Å². The van der Waals surface area contributed by atoms with Crippen molar-refractivity contribution in [2.75, 3.05) is 0 Å². The number of fused-ring (bicyclic) bond motifs is 1. The number of pyridine rings is 1. The van der Waals surface area contributed by atoms with E-state index in [9.17, 15) is 4.79 Å². The standard InChI is InChI=1S/C18H16N4O2/c23-18(16-9-14-3-1-2-4-15(14)24-16)21-11-13-5-6-17(20-10-13)22-8-7-19-12-22/h1-8,10,12,16H,9,11H2,(H,21,23). The summed E-state index contributed by atoms with van der Waals surface area (Å²) in [5.74, 6) is 1.48. The molecule has 3 aromatic rings. The third-order valence-corrected chi connectivity index (χ3v) is 3.98. The Hall–Kier alpha value is -3.15. The van der Waals surface area contributed by atoms with Crippen LogP contribution >= 0.6 is 0 Å². The van der Waals surface area contributed by atoms with Gasteiger partial charge in [-0.25, -0.2) is 9.97 Å². The number of imidazole rings is 1. The number of para-hydroxylation sites is 1. The van der Waals surface area contributed by atoms with Gasteiger partial charge in [-0.1, -0.05) is 24.3 Å². The van der Waals surface area contributed by atoms with Crippen molar-refractivity contribution >= 4 is 5.91 Å². The molecule has 0 spiro atoms. The smallest absolute Gasteiger partial charge is 0.261 e. The molecule has 1 aliphatic heterocycles. The Balaban J connectivity index is 1.35. The average Bonchev–Trinajstić information content (AvgIpc) is 3.29. The second kappa shape index (κ2) is 6.16. The lowest BCUT2D eigenvalue weighted by molar-refractivity contribution is -0.127. The minimum absolute atomic E-state index is 0.107. The van der Waals surface area contributed by atoms with Gasteiger partial charge in [0.05, 0.1) is 0 Å². The van der Waals surface area contributed by atoms with Crippen molar-refractivity contribution in [1.82, 2.24) is 19.9 Å². The predicted molar refractivity (Wildman–Crippen MR) is 87.8 cm³/mol. The summed E-state index contributed by atoms with van der Waals surface area (Å²) in [6.07, 6.45) is 7.13. The Labute approximate surface area is 139 Å². The minimum atomic E-state index is -0.458. The SMILES string of the molecule is O=C(NCc1ccc(-n2ccnc2)nc1)C1Cc2ccccc2O1. The van der Waals surface area contributed by atoms with Crippen molar-refractivity contribution in [2.24, 2.45) is 0 Å². The predicted octanol–water partition coefficient (Wildman–Crippen LogP) is 1.89. The maximum absolute atomic E-state index is 12.3. The second-order valence-electron chi connectivity index (χ2n) is 5.63. The van der Waals surface area contributed by atoms with E-state index < -0.39 is 6.10 Å². The molecule has 120 valence electrons. The first kappa shape index (κ1) is 14.4. The van der Waals surface area contributed by atoms with E-state index in [1.807, 2.05) is 47.2 Å². The normalized spacial score (nSPS) is 15.6. The van der Waals surface area contributed by atoms with E-state index in [1.165, 1.54) is 0 Å². The zero-order valence-electron chi connectivity index (χ0n) is 12.9. The van der Waals surface area contributed by atoms with Crippen LogP contribution in [0.2, 0.25) is 0 Å². The molecule has 0 saturated carbocycles. The van der Waals surface area contributed by atoms with Crippen LogP contribution in [0.3, 0.4) is 0 Å². The summed E-state index contributed by atoms with van der Waals surface area (Å²) < 4.78 is 7.51. The largest absolute Gasteiger partial charge is 0.480 e. The minimum Gasteiger partial charge on any atom is -0.480 e. The maximum atomic E-state index is 12.3. The van der Waals surface area contributed by atoms with E-state index in [0.29, 0.717) is 13.0 Å². The highest BCUT2D eigenvalue weighted by atomic mass is 16.5. The summed E-state index contributed by atoms with van der Waals surface area (Å²) in [4.78, 5) is 20.6. The van der Waals surface area contributed by atoms with Gasteiger partial charge in [0.1, 0.15) is 17.9 Å². The Morgan fingerprint density at radius 3 is 2.96 bits per heavy atom. The molecular formula is C18H16N4O2. The molecule has 1 amide bonds. The van der Waals surface area contributed by atoms with Gasteiger partial charge in [0, 0.05) is 31.6 Å². The van der Waals surface area contributed by atoms with Gasteiger partial charge in [0.2, 0.25) is 0 Å². The van der Waals surface area contributed by atoms with Crippen molar-refractivity contribution in [3.05, 3.63) is 72.4 Å². The number of hydrogen-bond donors (Lipinski definition) is 1. The molecule has 24 heavy (non-hydrogen) atoms. The Bertz CT molecular complexity index is 819. The van der Waals surface area contributed by atoms with Crippen molar-refractivity contribution in [2.45, 2.75) is 19.1 Å². The van der Waals surface area contributed by atoms with E-state index in [-0.39, 0.29) is 5.91 Å². The summed E-state index contributed by atoms with van der Waals surface area (Å²) in [6.45, 7) is 0.423. The first-order valence-electron chi connectivity index (χ1n) is 7.75. The molecular weight excluding hydrogens is 304 g/mol. The second-order valence-corrected chi connectivity index (χ2v) is 5.63. The molecule has 0 fully saturated rings. The molecule has 1 unspecified atom stereocenters.